The molecule has 0 aromatic heterocycles. The van der Waals surface area contributed by atoms with E-state index in [0.29, 0.717) is 29.0 Å². The minimum Gasteiger partial charge on any atom is -0.497 e. The second-order valence-electron chi connectivity index (χ2n) is 3.56. The molecule has 0 saturated heterocycles. The van der Waals surface area contributed by atoms with Crippen molar-refractivity contribution in [3.05, 3.63) is 36.9 Å². The molecule has 6 heteroatoms. The number of nitrogens with zero attached hydrogens (tertiary/aromatic N) is 1. The van der Waals surface area contributed by atoms with Gasteiger partial charge in [0, 0.05) is 11.8 Å². The van der Waals surface area contributed by atoms with Crippen molar-refractivity contribution in [2.75, 3.05) is 19.5 Å². The van der Waals surface area contributed by atoms with Crippen molar-refractivity contribution in [3.63, 3.8) is 0 Å². The largest absolute Gasteiger partial charge is 0.497 e. The predicted octanol–water partition coefficient (Wildman–Crippen LogP) is 3.35. The van der Waals surface area contributed by atoms with E-state index < -0.39 is 6.09 Å². The molecule has 0 aliphatic rings. The van der Waals surface area contributed by atoms with Gasteiger partial charge in [0.1, 0.15) is 5.75 Å². The van der Waals surface area contributed by atoms with E-state index in [1.807, 2.05) is 18.2 Å². The van der Waals surface area contributed by atoms with Gasteiger partial charge < -0.3 is 9.47 Å². The molecule has 1 aromatic rings. The predicted molar refractivity (Wildman–Crippen MR) is 82.9 cm³/mol. The molecule has 0 aliphatic carbocycles. The van der Waals surface area contributed by atoms with Crippen LogP contribution in [0.2, 0.25) is 0 Å². The number of hydrogen-bond acceptors (Lipinski definition) is 5. The van der Waals surface area contributed by atoms with Gasteiger partial charge in [0.05, 0.1) is 19.4 Å². The highest BCUT2D eigenvalue weighted by Crippen LogP contribution is 2.21. The standard InChI is InChI=1S/C14H18N2O3S/c1-4-9-20-13(16-14(17)19-5-2)15-11-7-6-8-12(10-11)18-3/h4,6-8,10H,1,5,9H2,2-3H3,(H,15,16,17). The van der Waals surface area contributed by atoms with Crippen molar-refractivity contribution in [3.8, 4) is 5.75 Å². The summed E-state index contributed by atoms with van der Waals surface area (Å²) in [5.74, 6) is 1.34. The van der Waals surface area contributed by atoms with E-state index in [1.54, 1.807) is 26.2 Å². The summed E-state index contributed by atoms with van der Waals surface area (Å²) in [6, 6.07) is 7.26. The Labute approximate surface area is 123 Å². The fourth-order valence-corrected chi connectivity index (χ4v) is 1.89. The molecule has 5 nitrogen and oxygen atoms in total. The third kappa shape index (κ3) is 5.79. The van der Waals surface area contributed by atoms with E-state index in [9.17, 15) is 4.79 Å². The van der Waals surface area contributed by atoms with Gasteiger partial charge in [-0.15, -0.1) is 6.58 Å². The summed E-state index contributed by atoms with van der Waals surface area (Å²) in [6.07, 6.45) is 1.21. The number of carbonyl (C=O) groups excluding carboxylic acids is 1. The van der Waals surface area contributed by atoms with Crippen LogP contribution in [0.1, 0.15) is 6.92 Å². The Morgan fingerprint density at radius 2 is 2.35 bits per heavy atom. The number of hydrogen-bond donors (Lipinski definition) is 1. The molecule has 0 bridgehead atoms. The number of benzene rings is 1. The van der Waals surface area contributed by atoms with Crippen LogP contribution in [0.4, 0.5) is 10.5 Å². The van der Waals surface area contributed by atoms with E-state index in [4.69, 9.17) is 9.47 Å². The normalized spacial score (nSPS) is 10.8. The molecule has 0 aliphatic heterocycles. The maximum atomic E-state index is 11.5. The number of alkyl carbamates (subject to hydrolysis) is 1. The topological polar surface area (TPSA) is 59.9 Å². The van der Waals surface area contributed by atoms with Gasteiger partial charge in [-0.05, 0) is 19.1 Å². The lowest BCUT2D eigenvalue weighted by Gasteiger charge is -2.08. The summed E-state index contributed by atoms with van der Waals surface area (Å²) >= 11 is 1.36. The first-order valence-corrected chi connectivity index (χ1v) is 7.08. The van der Waals surface area contributed by atoms with Crippen LogP contribution in [0.3, 0.4) is 0 Å². The molecule has 108 valence electrons. The maximum absolute atomic E-state index is 11.5. The number of carbonyl (C=O) groups is 1. The Kier molecular flexibility index (Phi) is 7.27. The number of ether oxygens (including phenoxy) is 2. The number of nitrogens with one attached hydrogen (secondary N) is 1. The zero-order valence-electron chi connectivity index (χ0n) is 11.6. The maximum Gasteiger partial charge on any atom is 0.413 e. The third-order valence-electron chi connectivity index (χ3n) is 2.11. The first kappa shape index (κ1) is 16.1. The van der Waals surface area contributed by atoms with E-state index >= 15 is 0 Å². The smallest absolute Gasteiger partial charge is 0.413 e. The molecular formula is C14H18N2O3S. The van der Waals surface area contributed by atoms with Crippen LogP contribution in [0, 0.1) is 0 Å². The number of thioether (sulfide) groups is 1. The quantitative estimate of drug-likeness (QED) is 0.514. The Balaban J connectivity index is 2.86. The van der Waals surface area contributed by atoms with E-state index in [2.05, 4.69) is 16.9 Å². The molecule has 0 saturated carbocycles. The van der Waals surface area contributed by atoms with Gasteiger partial charge in [0.15, 0.2) is 5.17 Å². The summed E-state index contributed by atoms with van der Waals surface area (Å²) in [7, 11) is 1.59. The van der Waals surface area contributed by atoms with Crippen molar-refractivity contribution in [2.24, 2.45) is 4.99 Å². The Morgan fingerprint density at radius 1 is 1.55 bits per heavy atom. The lowest BCUT2D eigenvalue weighted by Crippen LogP contribution is -2.29. The average molecular weight is 294 g/mol. The first-order valence-electron chi connectivity index (χ1n) is 6.09. The Morgan fingerprint density at radius 3 is 3.00 bits per heavy atom. The highest BCUT2D eigenvalue weighted by Gasteiger charge is 2.07. The summed E-state index contributed by atoms with van der Waals surface area (Å²) in [5.41, 5.74) is 0.688. The van der Waals surface area contributed by atoms with Gasteiger partial charge in [-0.25, -0.2) is 9.79 Å². The second kappa shape index (κ2) is 9.03. The van der Waals surface area contributed by atoms with Crippen LogP contribution in [0.25, 0.3) is 0 Å². The zero-order chi connectivity index (χ0) is 14.8. The number of methoxy groups -OCH3 is 1. The van der Waals surface area contributed by atoms with Crippen LogP contribution in [-0.2, 0) is 4.74 Å². The van der Waals surface area contributed by atoms with Crippen molar-refractivity contribution in [1.29, 1.82) is 0 Å². The summed E-state index contributed by atoms with van der Waals surface area (Å²) in [5, 5.41) is 3.06. The molecule has 0 radical (unpaired) electrons. The van der Waals surface area contributed by atoms with Crippen LogP contribution < -0.4 is 10.1 Å². The Bertz CT molecular complexity index is 489. The first-order chi connectivity index (χ1) is 9.69. The van der Waals surface area contributed by atoms with Gasteiger partial charge in [-0.2, -0.15) is 0 Å². The third-order valence-corrected chi connectivity index (χ3v) is 2.98. The Hall–Kier alpha value is -1.95. The number of amidine groups is 1. The van der Waals surface area contributed by atoms with Gasteiger partial charge in [-0.3, -0.25) is 5.32 Å². The molecule has 20 heavy (non-hydrogen) atoms. The molecule has 0 atom stereocenters. The van der Waals surface area contributed by atoms with Crippen LogP contribution >= 0.6 is 11.8 Å². The molecule has 1 rings (SSSR count). The summed E-state index contributed by atoms with van der Waals surface area (Å²) in [4.78, 5) is 15.8. The number of rotatable bonds is 5. The van der Waals surface area contributed by atoms with Gasteiger partial charge >= 0.3 is 6.09 Å². The SMILES string of the molecule is C=CCSC(=Nc1cccc(OC)c1)NC(=O)OCC. The van der Waals surface area contributed by atoms with Crippen molar-refractivity contribution >= 4 is 28.7 Å². The minimum absolute atomic E-state index is 0.310. The number of amides is 1. The lowest BCUT2D eigenvalue weighted by atomic mass is 10.3. The van der Waals surface area contributed by atoms with Crippen molar-refractivity contribution < 1.29 is 14.3 Å². The molecular weight excluding hydrogens is 276 g/mol. The highest BCUT2D eigenvalue weighted by molar-refractivity contribution is 8.14. The van der Waals surface area contributed by atoms with Crippen LogP contribution in [0.15, 0.2) is 41.9 Å². The van der Waals surface area contributed by atoms with E-state index in [-0.39, 0.29) is 0 Å². The van der Waals surface area contributed by atoms with E-state index in [1.165, 1.54) is 11.8 Å². The van der Waals surface area contributed by atoms with Crippen LogP contribution in [0.5, 0.6) is 5.75 Å². The molecule has 0 heterocycles. The van der Waals surface area contributed by atoms with Crippen molar-refractivity contribution in [2.45, 2.75) is 6.92 Å². The highest BCUT2D eigenvalue weighted by atomic mass is 32.2. The second-order valence-corrected chi connectivity index (χ2v) is 4.57. The lowest BCUT2D eigenvalue weighted by molar-refractivity contribution is 0.158. The minimum atomic E-state index is -0.522. The molecule has 1 aromatic carbocycles. The molecule has 0 spiro atoms. The van der Waals surface area contributed by atoms with Crippen molar-refractivity contribution in [1.82, 2.24) is 5.32 Å². The monoisotopic (exact) mass is 294 g/mol. The van der Waals surface area contributed by atoms with E-state index in [0.717, 1.165) is 0 Å². The van der Waals surface area contributed by atoms with Gasteiger partial charge in [0.25, 0.3) is 0 Å². The molecule has 1 N–H and O–H groups in total. The fourth-order valence-electron chi connectivity index (χ4n) is 1.29. The molecule has 0 fully saturated rings. The van der Waals surface area contributed by atoms with Crippen LogP contribution in [-0.4, -0.2) is 30.7 Å². The van der Waals surface area contributed by atoms with Gasteiger partial charge in [0.2, 0.25) is 0 Å². The molecule has 1 amide bonds. The zero-order valence-corrected chi connectivity index (χ0v) is 12.4. The summed E-state index contributed by atoms with van der Waals surface area (Å²) < 4.78 is 9.97. The average Bonchev–Trinajstić information content (AvgIpc) is 2.45. The molecule has 0 unspecified atom stereocenters. The summed E-state index contributed by atoms with van der Waals surface area (Å²) in [6.45, 7) is 5.70. The van der Waals surface area contributed by atoms with Gasteiger partial charge in [-0.1, -0.05) is 23.9 Å². The fraction of sp³-hybridized carbons (Fsp3) is 0.286. The number of aliphatic imine (C=N–C) groups is 1.